The lowest BCUT2D eigenvalue weighted by atomic mass is 10.00. The van der Waals surface area contributed by atoms with Crippen LogP contribution in [0.15, 0.2) is 61.2 Å². The normalized spacial score (nSPS) is 19.8. The van der Waals surface area contributed by atoms with E-state index in [-0.39, 0.29) is 18.5 Å². The smallest absolute Gasteiger partial charge is 0.158 e. The Hall–Kier alpha value is -2.05. The van der Waals surface area contributed by atoms with Crippen molar-refractivity contribution < 1.29 is 14.2 Å². The second kappa shape index (κ2) is 10.5. The second-order valence-electron chi connectivity index (χ2n) is 7.68. The molecule has 0 amide bonds. The Morgan fingerprint density at radius 2 is 2.06 bits per heavy atom. The molecule has 1 unspecified atom stereocenters. The quantitative estimate of drug-likeness (QED) is 0.407. The van der Waals surface area contributed by atoms with Crippen molar-refractivity contribution in [1.29, 1.82) is 0 Å². The maximum atomic E-state index is 6.54. The number of methoxy groups -OCH3 is 1. The van der Waals surface area contributed by atoms with Gasteiger partial charge in [0, 0.05) is 41.0 Å². The third-order valence-electron chi connectivity index (χ3n) is 5.51. The van der Waals surface area contributed by atoms with Crippen molar-refractivity contribution >= 4 is 23.2 Å². The first-order valence-corrected chi connectivity index (χ1v) is 11.2. The highest BCUT2D eigenvalue weighted by Crippen LogP contribution is 2.35. The molecule has 3 atom stereocenters. The fourth-order valence-corrected chi connectivity index (χ4v) is 4.45. The summed E-state index contributed by atoms with van der Waals surface area (Å²) in [5.74, 6) is 0.781. The number of rotatable bonds is 8. The zero-order chi connectivity index (χ0) is 21.6. The van der Waals surface area contributed by atoms with Gasteiger partial charge in [-0.2, -0.15) is 0 Å². The first-order valence-electron chi connectivity index (χ1n) is 10.5. The van der Waals surface area contributed by atoms with Crippen LogP contribution >= 0.6 is 23.2 Å². The van der Waals surface area contributed by atoms with E-state index in [0.29, 0.717) is 16.5 Å². The van der Waals surface area contributed by atoms with Crippen LogP contribution in [0.4, 0.5) is 0 Å². The van der Waals surface area contributed by atoms with E-state index < -0.39 is 0 Å². The van der Waals surface area contributed by atoms with E-state index in [1.807, 2.05) is 53.5 Å². The number of hydrogen-bond donors (Lipinski definition) is 0. The fourth-order valence-electron chi connectivity index (χ4n) is 3.96. The molecular weight excluding hydrogens is 435 g/mol. The number of ether oxygens (including phenoxy) is 3. The highest BCUT2D eigenvalue weighted by Gasteiger charge is 2.28. The van der Waals surface area contributed by atoms with Gasteiger partial charge in [-0.15, -0.1) is 0 Å². The zero-order valence-electron chi connectivity index (χ0n) is 17.4. The van der Waals surface area contributed by atoms with E-state index >= 15 is 0 Å². The van der Waals surface area contributed by atoms with E-state index in [1.165, 1.54) is 0 Å². The molecule has 31 heavy (non-hydrogen) atoms. The van der Waals surface area contributed by atoms with E-state index in [4.69, 9.17) is 37.4 Å². The van der Waals surface area contributed by atoms with Gasteiger partial charge in [0.1, 0.15) is 5.75 Å². The van der Waals surface area contributed by atoms with Crippen molar-refractivity contribution in [2.75, 3.05) is 7.11 Å². The van der Waals surface area contributed by atoms with E-state index in [0.717, 1.165) is 42.7 Å². The largest absolute Gasteiger partial charge is 0.496 e. The predicted octanol–water partition coefficient (Wildman–Crippen LogP) is 6.09. The van der Waals surface area contributed by atoms with Gasteiger partial charge < -0.3 is 18.8 Å². The molecular formula is C24H26Cl2N2O3. The Bertz CT molecular complexity index is 981. The third kappa shape index (κ3) is 5.80. The highest BCUT2D eigenvalue weighted by atomic mass is 35.5. The van der Waals surface area contributed by atoms with Crippen LogP contribution in [0.25, 0.3) is 0 Å². The van der Waals surface area contributed by atoms with Gasteiger partial charge in [0.15, 0.2) is 6.29 Å². The van der Waals surface area contributed by atoms with Crippen molar-refractivity contribution in [3.63, 3.8) is 0 Å². The maximum Gasteiger partial charge on any atom is 0.158 e. The predicted molar refractivity (Wildman–Crippen MR) is 122 cm³/mol. The molecule has 1 aromatic heterocycles. The standard InChI is InChI=1S/C24H26Cl2N2O3/c1-29-22-7-3-2-6-20(22)23(13-17-9-10-18(25)14-21(17)26)31-24-8-4-5-19(30-24)15-28-12-11-27-16-28/h2-3,6-7,9-12,14,16,19,23-24H,4-5,8,13,15H2,1H3/t19-,23?,24+/m1/s1. The SMILES string of the molecule is COc1ccccc1C(Cc1ccc(Cl)cc1Cl)O[C@H]1CCC[C@H](Cn2ccnc2)O1. The maximum absolute atomic E-state index is 6.54. The summed E-state index contributed by atoms with van der Waals surface area (Å²) in [6.45, 7) is 0.766. The topological polar surface area (TPSA) is 45.5 Å². The first-order chi connectivity index (χ1) is 15.1. The molecule has 7 heteroatoms. The summed E-state index contributed by atoms with van der Waals surface area (Å²) in [7, 11) is 1.67. The lowest BCUT2D eigenvalue weighted by molar-refractivity contribution is -0.218. The van der Waals surface area contributed by atoms with Gasteiger partial charge >= 0.3 is 0 Å². The summed E-state index contributed by atoms with van der Waals surface area (Å²) in [6, 6.07) is 13.5. The molecule has 0 N–H and O–H groups in total. The van der Waals surface area contributed by atoms with Crippen LogP contribution in [-0.2, 0) is 22.4 Å². The summed E-state index contributed by atoms with van der Waals surface area (Å²) < 4.78 is 20.5. The van der Waals surface area contributed by atoms with E-state index in [9.17, 15) is 0 Å². The van der Waals surface area contributed by atoms with Crippen LogP contribution in [-0.4, -0.2) is 29.1 Å². The average Bonchev–Trinajstić information content (AvgIpc) is 3.28. The number of aromatic nitrogens is 2. The minimum Gasteiger partial charge on any atom is -0.496 e. The van der Waals surface area contributed by atoms with Crippen LogP contribution in [0.3, 0.4) is 0 Å². The Morgan fingerprint density at radius 3 is 2.84 bits per heavy atom. The lowest BCUT2D eigenvalue weighted by Gasteiger charge is -2.33. The van der Waals surface area contributed by atoms with Crippen LogP contribution in [0, 0.1) is 0 Å². The molecule has 5 nitrogen and oxygen atoms in total. The summed E-state index contributed by atoms with van der Waals surface area (Å²) in [6.07, 6.45) is 8.54. The summed E-state index contributed by atoms with van der Waals surface area (Å²) >= 11 is 12.6. The van der Waals surface area contributed by atoms with E-state index in [1.54, 1.807) is 19.4 Å². The number of nitrogens with zero attached hydrogens (tertiary/aromatic N) is 2. The average molecular weight is 461 g/mol. The number of halogens is 2. The molecule has 2 aromatic carbocycles. The molecule has 1 aliphatic rings. The van der Waals surface area contributed by atoms with Crippen molar-refractivity contribution in [2.45, 2.75) is 50.7 Å². The van der Waals surface area contributed by atoms with Crippen molar-refractivity contribution in [3.8, 4) is 5.75 Å². The van der Waals surface area contributed by atoms with Crippen molar-refractivity contribution in [3.05, 3.63) is 82.4 Å². The Balaban J connectivity index is 1.53. The van der Waals surface area contributed by atoms with Crippen molar-refractivity contribution in [1.82, 2.24) is 9.55 Å². The molecule has 2 heterocycles. The molecule has 0 aliphatic carbocycles. The number of imidazole rings is 1. The van der Waals surface area contributed by atoms with Gasteiger partial charge in [-0.05, 0) is 43.0 Å². The molecule has 0 bridgehead atoms. The summed E-state index contributed by atoms with van der Waals surface area (Å²) in [4.78, 5) is 4.12. The molecule has 0 spiro atoms. The molecule has 4 rings (SSSR count). The van der Waals surface area contributed by atoms with Crippen LogP contribution in [0.2, 0.25) is 10.0 Å². The van der Waals surface area contributed by atoms with Gasteiger partial charge in [0.2, 0.25) is 0 Å². The molecule has 1 aliphatic heterocycles. The Morgan fingerprint density at radius 1 is 1.19 bits per heavy atom. The van der Waals surface area contributed by atoms with Crippen LogP contribution < -0.4 is 4.74 Å². The van der Waals surface area contributed by atoms with Gasteiger partial charge in [0.25, 0.3) is 0 Å². The monoisotopic (exact) mass is 460 g/mol. The minimum atomic E-state index is -0.303. The molecule has 0 radical (unpaired) electrons. The Kier molecular flexibility index (Phi) is 7.51. The lowest BCUT2D eigenvalue weighted by Crippen LogP contribution is -2.33. The van der Waals surface area contributed by atoms with Gasteiger partial charge in [-0.3, -0.25) is 0 Å². The molecule has 3 aromatic rings. The van der Waals surface area contributed by atoms with Gasteiger partial charge in [0.05, 0.1) is 25.6 Å². The zero-order valence-corrected chi connectivity index (χ0v) is 18.9. The van der Waals surface area contributed by atoms with E-state index in [2.05, 4.69) is 4.98 Å². The van der Waals surface area contributed by atoms with Crippen LogP contribution in [0.5, 0.6) is 5.75 Å². The summed E-state index contributed by atoms with van der Waals surface area (Å²) in [5.41, 5.74) is 1.93. The Labute approximate surface area is 192 Å². The van der Waals surface area contributed by atoms with Gasteiger partial charge in [-0.1, -0.05) is 47.5 Å². The molecule has 164 valence electrons. The molecule has 0 saturated carbocycles. The number of para-hydroxylation sites is 1. The summed E-state index contributed by atoms with van der Waals surface area (Å²) in [5, 5.41) is 1.24. The molecule has 1 saturated heterocycles. The van der Waals surface area contributed by atoms with Crippen molar-refractivity contribution in [2.24, 2.45) is 0 Å². The first kappa shape index (κ1) is 22.2. The molecule has 1 fully saturated rings. The van der Waals surface area contributed by atoms with Crippen LogP contribution in [0.1, 0.15) is 36.5 Å². The third-order valence-corrected chi connectivity index (χ3v) is 6.09. The second-order valence-corrected chi connectivity index (χ2v) is 8.53. The minimum absolute atomic E-state index is 0.0883. The number of hydrogen-bond acceptors (Lipinski definition) is 4. The fraction of sp³-hybridized carbons (Fsp3) is 0.375. The number of benzene rings is 2. The van der Waals surface area contributed by atoms with Gasteiger partial charge in [-0.25, -0.2) is 4.98 Å². The highest BCUT2D eigenvalue weighted by molar-refractivity contribution is 6.35.